The summed E-state index contributed by atoms with van der Waals surface area (Å²) in [5.41, 5.74) is 0.206. The highest BCUT2D eigenvalue weighted by Crippen LogP contribution is 2.21. The molecule has 0 bridgehead atoms. The molecule has 0 aliphatic rings. The van der Waals surface area contributed by atoms with Crippen LogP contribution in [0.15, 0.2) is 6.07 Å². The Balaban J connectivity index is 2.63. The van der Waals surface area contributed by atoms with E-state index in [2.05, 4.69) is 10.3 Å². The maximum absolute atomic E-state index is 11.7. The number of carboxylic acids is 1. The monoisotopic (exact) mass is 292 g/mol. The first-order valence-electron chi connectivity index (χ1n) is 5.38. The molecule has 0 radical (unpaired) electrons. The van der Waals surface area contributed by atoms with Gasteiger partial charge in [0.1, 0.15) is 10.8 Å². The summed E-state index contributed by atoms with van der Waals surface area (Å²) < 4.78 is 0. The Hall–Kier alpha value is -1.20. The van der Waals surface area contributed by atoms with E-state index in [1.54, 1.807) is 13.8 Å². The van der Waals surface area contributed by atoms with Gasteiger partial charge in [-0.15, -0.1) is 0 Å². The van der Waals surface area contributed by atoms with Crippen LogP contribution in [0.3, 0.4) is 0 Å². The summed E-state index contributed by atoms with van der Waals surface area (Å²) in [4.78, 5) is 25.3. The van der Waals surface area contributed by atoms with Gasteiger partial charge < -0.3 is 15.4 Å². The van der Waals surface area contributed by atoms with Gasteiger partial charge in [-0.3, -0.25) is 9.59 Å². The lowest BCUT2D eigenvalue weighted by atomic mass is 9.96. The number of aromatic nitrogens is 1. The zero-order valence-corrected chi connectivity index (χ0v) is 11.5. The summed E-state index contributed by atoms with van der Waals surface area (Å²) in [7, 11) is 0. The number of hydrogen-bond acceptors (Lipinski definition) is 2. The Bertz CT molecular complexity index is 438. The molecule has 7 heteroatoms. The number of aromatic amines is 1. The smallest absolute Gasteiger partial charge is 0.308 e. The van der Waals surface area contributed by atoms with E-state index in [0.717, 1.165) is 0 Å². The van der Waals surface area contributed by atoms with Gasteiger partial charge in [-0.2, -0.15) is 0 Å². The van der Waals surface area contributed by atoms with Crippen LogP contribution in [0.5, 0.6) is 0 Å². The summed E-state index contributed by atoms with van der Waals surface area (Å²) in [6.45, 7) is 3.63. The third-order valence-electron chi connectivity index (χ3n) is 2.57. The van der Waals surface area contributed by atoms with Crippen molar-refractivity contribution >= 4 is 35.1 Å². The molecule has 3 N–H and O–H groups in total. The quantitative estimate of drug-likeness (QED) is 0.779. The van der Waals surface area contributed by atoms with Gasteiger partial charge in [0.2, 0.25) is 0 Å². The van der Waals surface area contributed by atoms with Crippen molar-refractivity contribution in [2.24, 2.45) is 11.8 Å². The lowest BCUT2D eigenvalue weighted by Gasteiger charge is -2.16. The Kier molecular flexibility index (Phi) is 5.04. The first-order chi connectivity index (χ1) is 8.32. The number of carbonyl (C=O) groups excluding carboxylic acids is 1. The van der Waals surface area contributed by atoms with Crippen molar-refractivity contribution in [2.45, 2.75) is 13.8 Å². The van der Waals surface area contributed by atoms with Crippen LogP contribution in [0.1, 0.15) is 24.3 Å². The van der Waals surface area contributed by atoms with Crippen LogP contribution in [-0.2, 0) is 4.79 Å². The molecule has 18 heavy (non-hydrogen) atoms. The molecule has 1 unspecified atom stereocenters. The average molecular weight is 293 g/mol. The first-order valence-corrected chi connectivity index (χ1v) is 6.13. The Labute approximate surface area is 114 Å². The van der Waals surface area contributed by atoms with E-state index in [1.165, 1.54) is 6.07 Å². The molecular formula is C11H14Cl2N2O3. The third kappa shape index (κ3) is 3.65. The van der Waals surface area contributed by atoms with Crippen molar-refractivity contribution in [2.75, 3.05) is 6.54 Å². The minimum atomic E-state index is -0.937. The van der Waals surface area contributed by atoms with E-state index in [4.69, 9.17) is 28.3 Å². The van der Waals surface area contributed by atoms with Crippen molar-refractivity contribution in [3.63, 3.8) is 0 Å². The number of H-pyrrole nitrogens is 1. The molecule has 0 saturated carbocycles. The van der Waals surface area contributed by atoms with Crippen molar-refractivity contribution in [3.05, 3.63) is 21.9 Å². The molecule has 1 rings (SSSR count). The van der Waals surface area contributed by atoms with E-state index < -0.39 is 17.8 Å². The third-order valence-corrected chi connectivity index (χ3v) is 3.27. The van der Waals surface area contributed by atoms with Gasteiger partial charge >= 0.3 is 5.97 Å². The van der Waals surface area contributed by atoms with Crippen LogP contribution >= 0.6 is 23.2 Å². The van der Waals surface area contributed by atoms with Gasteiger partial charge in [0.25, 0.3) is 5.91 Å². The van der Waals surface area contributed by atoms with Crippen molar-refractivity contribution in [1.82, 2.24) is 10.3 Å². The maximum Gasteiger partial charge on any atom is 0.308 e. The molecule has 1 aromatic rings. The second kappa shape index (κ2) is 6.11. The summed E-state index contributed by atoms with van der Waals surface area (Å²) in [5, 5.41) is 11.9. The molecule has 0 aliphatic heterocycles. The minimum Gasteiger partial charge on any atom is -0.481 e. The fourth-order valence-electron chi connectivity index (χ4n) is 1.43. The van der Waals surface area contributed by atoms with E-state index in [9.17, 15) is 9.59 Å². The molecule has 0 fully saturated rings. The molecule has 1 aromatic heterocycles. The molecule has 0 saturated heterocycles. The highest BCUT2D eigenvalue weighted by atomic mass is 35.5. The molecule has 1 heterocycles. The standard InChI is InChI=1S/C11H14Cl2N2O3/c1-5(2)6(11(17)18)4-14-10(16)8-3-7(12)9(13)15-8/h3,5-6,15H,4H2,1-2H3,(H,14,16)(H,17,18). The lowest BCUT2D eigenvalue weighted by Crippen LogP contribution is -2.35. The number of amides is 1. The minimum absolute atomic E-state index is 0.0556. The number of rotatable bonds is 5. The van der Waals surface area contributed by atoms with E-state index >= 15 is 0 Å². The number of carboxylic acid groups (broad SMARTS) is 1. The summed E-state index contributed by atoms with van der Waals surface area (Å²) in [5.74, 6) is -2.07. The summed E-state index contributed by atoms with van der Waals surface area (Å²) >= 11 is 11.4. The van der Waals surface area contributed by atoms with Crippen LogP contribution in [-0.4, -0.2) is 28.5 Å². The van der Waals surface area contributed by atoms with Gasteiger partial charge in [0.05, 0.1) is 10.9 Å². The molecule has 1 amide bonds. The topological polar surface area (TPSA) is 82.2 Å². The predicted molar refractivity (Wildman–Crippen MR) is 69.1 cm³/mol. The van der Waals surface area contributed by atoms with Crippen LogP contribution in [0.4, 0.5) is 0 Å². The molecule has 0 aliphatic carbocycles. The number of nitrogens with one attached hydrogen (secondary N) is 2. The Morgan fingerprint density at radius 1 is 1.44 bits per heavy atom. The number of halogens is 2. The van der Waals surface area contributed by atoms with Crippen molar-refractivity contribution < 1.29 is 14.7 Å². The number of carbonyl (C=O) groups is 2. The van der Waals surface area contributed by atoms with E-state index in [1.807, 2.05) is 0 Å². The van der Waals surface area contributed by atoms with Gasteiger partial charge in [-0.05, 0) is 12.0 Å². The molecular weight excluding hydrogens is 279 g/mol. The second-order valence-corrected chi connectivity index (χ2v) is 5.03. The Morgan fingerprint density at radius 3 is 2.44 bits per heavy atom. The van der Waals surface area contributed by atoms with Crippen molar-refractivity contribution in [1.29, 1.82) is 0 Å². The highest BCUT2D eigenvalue weighted by Gasteiger charge is 2.22. The van der Waals surface area contributed by atoms with Crippen molar-refractivity contribution in [3.8, 4) is 0 Å². The summed E-state index contributed by atoms with van der Waals surface area (Å²) in [6.07, 6.45) is 0. The van der Waals surface area contributed by atoms with E-state index in [0.29, 0.717) is 0 Å². The average Bonchev–Trinajstić information content (AvgIpc) is 2.58. The normalized spacial score (nSPS) is 12.5. The second-order valence-electron chi connectivity index (χ2n) is 4.24. The van der Waals surface area contributed by atoms with Crippen LogP contribution < -0.4 is 5.32 Å². The SMILES string of the molecule is CC(C)C(CNC(=O)c1cc(Cl)c(Cl)[nH]1)C(=O)O. The van der Waals surface area contributed by atoms with Crippen LogP contribution in [0, 0.1) is 11.8 Å². The lowest BCUT2D eigenvalue weighted by molar-refractivity contribution is -0.142. The Morgan fingerprint density at radius 2 is 2.06 bits per heavy atom. The summed E-state index contributed by atoms with van der Waals surface area (Å²) in [6, 6.07) is 1.39. The fraction of sp³-hybridized carbons (Fsp3) is 0.455. The first kappa shape index (κ1) is 14.9. The van der Waals surface area contributed by atoms with Gasteiger partial charge in [-0.25, -0.2) is 0 Å². The van der Waals surface area contributed by atoms with E-state index in [-0.39, 0.29) is 28.3 Å². The fourth-order valence-corrected chi connectivity index (χ4v) is 1.75. The van der Waals surface area contributed by atoms with Gasteiger partial charge in [0.15, 0.2) is 0 Å². The largest absolute Gasteiger partial charge is 0.481 e. The van der Waals surface area contributed by atoms with Crippen LogP contribution in [0.2, 0.25) is 10.2 Å². The molecule has 0 aromatic carbocycles. The number of aliphatic carboxylic acids is 1. The maximum atomic E-state index is 11.7. The molecule has 1 atom stereocenters. The molecule has 0 spiro atoms. The zero-order chi connectivity index (χ0) is 13.9. The highest BCUT2D eigenvalue weighted by molar-refractivity contribution is 6.41. The molecule has 5 nitrogen and oxygen atoms in total. The van der Waals surface area contributed by atoms with Crippen LogP contribution in [0.25, 0.3) is 0 Å². The predicted octanol–water partition coefficient (Wildman–Crippen LogP) is 2.41. The number of hydrogen-bond donors (Lipinski definition) is 3. The van der Waals surface area contributed by atoms with Gasteiger partial charge in [0, 0.05) is 6.54 Å². The molecule has 100 valence electrons. The van der Waals surface area contributed by atoms with Gasteiger partial charge in [-0.1, -0.05) is 37.0 Å². The zero-order valence-electron chi connectivity index (χ0n) is 9.96.